The Labute approximate surface area is 133 Å². The number of carbonyl (C=O) groups is 1. The Hall–Kier alpha value is -2.76. The SMILES string of the molecule is CCCn1c(-c2ccc(OC)c(OC)c2)ccc(C(=O)O)c1=O. The third-order valence-electron chi connectivity index (χ3n) is 3.53. The van der Waals surface area contributed by atoms with Crippen LogP contribution in [0.1, 0.15) is 23.7 Å². The first kappa shape index (κ1) is 16.6. The van der Waals surface area contributed by atoms with Crippen LogP contribution >= 0.6 is 0 Å². The average molecular weight is 317 g/mol. The van der Waals surface area contributed by atoms with E-state index in [0.717, 1.165) is 5.56 Å². The van der Waals surface area contributed by atoms with Gasteiger partial charge in [-0.15, -0.1) is 0 Å². The Morgan fingerprint density at radius 2 is 1.83 bits per heavy atom. The van der Waals surface area contributed by atoms with E-state index in [1.807, 2.05) is 13.0 Å². The lowest BCUT2D eigenvalue weighted by Crippen LogP contribution is -2.27. The summed E-state index contributed by atoms with van der Waals surface area (Å²) in [5.41, 5.74) is 0.655. The highest BCUT2D eigenvalue weighted by molar-refractivity contribution is 5.87. The molecule has 0 aliphatic heterocycles. The number of aromatic nitrogens is 1. The van der Waals surface area contributed by atoms with Gasteiger partial charge in [-0.25, -0.2) is 4.79 Å². The van der Waals surface area contributed by atoms with Crippen molar-refractivity contribution in [3.8, 4) is 22.8 Å². The molecule has 122 valence electrons. The molecule has 2 rings (SSSR count). The number of hydrogen-bond acceptors (Lipinski definition) is 4. The lowest BCUT2D eigenvalue weighted by molar-refractivity contribution is 0.0694. The summed E-state index contributed by atoms with van der Waals surface area (Å²) in [6.45, 7) is 2.36. The molecular formula is C17H19NO5. The molecule has 0 fully saturated rings. The van der Waals surface area contributed by atoms with Crippen molar-refractivity contribution >= 4 is 5.97 Å². The van der Waals surface area contributed by atoms with Gasteiger partial charge in [-0.3, -0.25) is 4.79 Å². The van der Waals surface area contributed by atoms with Crippen molar-refractivity contribution in [2.24, 2.45) is 0 Å². The van der Waals surface area contributed by atoms with Gasteiger partial charge in [0.15, 0.2) is 11.5 Å². The predicted octanol–water partition coefficient (Wildman–Crippen LogP) is 2.64. The second-order valence-electron chi connectivity index (χ2n) is 4.96. The minimum Gasteiger partial charge on any atom is -0.493 e. The van der Waals surface area contributed by atoms with E-state index in [2.05, 4.69) is 0 Å². The van der Waals surface area contributed by atoms with E-state index < -0.39 is 11.5 Å². The van der Waals surface area contributed by atoms with Gasteiger partial charge in [-0.2, -0.15) is 0 Å². The number of carboxylic acid groups (broad SMARTS) is 1. The largest absolute Gasteiger partial charge is 0.493 e. The number of pyridine rings is 1. The van der Waals surface area contributed by atoms with Gasteiger partial charge < -0.3 is 19.1 Å². The van der Waals surface area contributed by atoms with E-state index in [9.17, 15) is 9.59 Å². The number of nitrogens with zero attached hydrogens (tertiary/aromatic N) is 1. The summed E-state index contributed by atoms with van der Waals surface area (Å²) >= 11 is 0. The standard InChI is InChI=1S/C17H19NO5/c1-4-9-18-13(7-6-12(16(18)19)17(20)21)11-5-8-14(22-2)15(10-11)23-3/h5-8,10H,4,9H2,1-3H3,(H,20,21). The number of rotatable bonds is 6. The molecule has 1 heterocycles. The van der Waals surface area contributed by atoms with Crippen LogP contribution in [-0.2, 0) is 6.54 Å². The van der Waals surface area contributed by atoms with E-state index >= 15 is 0 Å². The molecule has 0 aliphatic rings. The van der Waals surface area contributed by atoms with Crippen LogP contribution in [0.25, 0.3) is 11.3 Å². The van der Waals surface area contributed by atoms with Crippen molar-refractivity contribution in [3.63, 3.8) is 0 Å². The second kappa shape index (κ2) is 7.00. The zero-order valence-electron chi connectivity index (χ0n) is 13.3. The van der Waals surface area contributed by atoms with E-state index in [1.165, 1.54) is 17.7 Å². The fourth-order valence-electron chi connectivity index (χ4n) is 2.43. The van der Waals surface area contributed by atoms with E-state index in [0.29, 0.717) is 30.2 Å². The van der Waals surface area contributed by atoms with Crippen molar-refractivity contribution in [2.75, 3.05) is 14.2 Å². The van der Waals surface area contributed by atoms with Gasteiger partial charge in [0.1, 0.15) is 5.56 Å². The summed E-state index contributed by atoms with van der Waals surface area (Å²) < 4.78 is 12.0. The lowest BCUT2D eigenvalue weighted by Gasteiger charge is -2.15. The molecule has 23 heavy (non-hydrogen) atoms. The van der Waals surface area contributed by atoms with Gasteiger partial charge in [-0.1, -0.05) is 6.92 Å². The molecule has 0 atom stereocenters. The molecule has 6 nitrogen and oxygen atoms in total. The van der Waals surface area contributed by atoms with Crippen LogP contribution in [0.2, 0.25) is 0 Å². The Balaban J connectivity index is 2.65. The summed E-state index contributed by atoms with van der Waals surface area (Å²) in [6.07, 6.45) is 0.712. The first-order valence-corrected chi connectivity index (χ1v) is 7.23. The summed E-state index contributed by atoms with van der Waals surface area (Å²) in [6, 6.07) is 8.30. The summed E-state index contributed by atoms with van der Waals surface area (Å²) in [7, 11) is 3.08. The molecule has 6 heteroatoms. The molecule has 0 spiro atoms. The number of benzene rings is 1. The zero-order chi connectivity index (χ0) is 17.0. The number of methoxy groups -OCH3 is 2. The molecular weight excluding hydrogens is 298 g/mol. The Morgan fingerprint density at radius 1 is 1.13 bits per heavy atom. The molecule has 1 N–H and O–H groups in total. The number of hydrogen-bond donors (Lipinski definition) is 1. The van der Waals surface area contributed by atoms with Crippen molar-refractivity contribution < 1.29 is 19.4 Å². The van der Waals surface area contributed by atoms with Gasteiger partial charge in [0, 0.05) is 12.1 Å². The Morgan fingerprint density at radius 3 is 2.39 bits per heavy atom. The molecule has 0 aliphatic carbocycles. The van der Waals surface area contributed by atoms with Crippen LogP contribution in [-0.4, -0.2) is 29.9 Å². The molecule has 1 aromatic carbocycles. The van der Waals surface area contributed by atoms with Gasteiger partial charge >= 0.3 is 5.97 Å². The summed E-state index contributed by atoms with van der Waals surface area (Å²) in [4.78, 5) is 23.6. The molecule has 0 unspecified atom stereocenters. The van der Waals surface area contributed by atoms with Gasteiger partial charge in [0.05, 0.1) is 19.9 Å². The van der Waals surface area contributed by atoms with Gasteiger partial charge in [0.2, 0.25) is 0 Å². The van der Waals surface area contributed by atoms with Crippen LogP contribution in [0.5, 0.6) is 11.5 Å². The maximum atomic E-state index is 12.4. The monoisotopic (exact) mass is 317 g/mol. The first-order valence-electron chi connectivity index (χ1n) is 7.23. The van der Waals surface area contributed by atoms with Crippen molar-refractivity contribution in [1.82, 2.24) is 4.57 Å². The molecule has 0 saturated heterocycles. The first-order chi connectivity index (χ1) is 11.0. The van der Waals surface area contributed by atoms with E-state index in [4.69, 9.17) is 14.6 Å². The van der Waals surface area contributed by atoms with Crippen LogP contribution < -0.4 is 15.0 Å². The smallest absolute Gasteiger partial charge is 0.341 e. The van der Waals surface area contributed by atoms with E-state index in [1.54, 1.807) is 25.3 Å². The maximum Gasteiger partial charge on any atom is 0.341 e. The third kappa shape index (κ3) is 3.21. The van der Waals surface area contributed by atoms with Gasteiger partial charge in [-0.05, 0) is 36.8 Å². The second-order valence-corrected chi connectivity index (χ2v) is 4.96. The maximum absolute atomic E-state index is 12.4. The summed E-state index contributed by atoms with van der Waals surface area (Å²) in [5, 5.41) is 9.12. The minimum absolute atomic E-state index is 0.234. The molecule has 0 bridgehead atoms. The van der Waals surface area contributed by atoms with Crippen molar-refractivity contribution in [2.45, 2.75) is 19.9 Å². The van der Waals surface area contributed by atoms with E-state index in [-0.39, 0.29) is 5.56 Å². The topological polar surface area (TPSA) is 77.8 Å². The minimum atomic E-state index is -1.22. The highest BCUT2D eigenvalue weighted by atomic mass is 16.5. The molecule has 0 amide bonds. The fraction of sp³-hybridized carbons (Fsp3) is 0.294. The third-order valence-corrected chi connectivity index (χ3v) is 3.53. The molecule has 1 aromatic heterocycles. The fourth-order valence-corrected chi connectivity index (χ4v) is 2.43. The van der Waals surface area contributed by atoms with Crippen LogP contribution in [0.3, 0.4) is 0 Å². The van der Waals surface area contributed by atoms with Crippen LogP contribution in [0.4, 0.5) is 0 Å². The molecule has 2 aromatic rings. The predicted molar refractivity (Wildman–Crippen MR) is 86.5 cm³/mol. The van der Waals surface area contributed by atoms with Crippen molar-refractivity contribution in [3.05, 3.63) is 46.2 Å². The van der Waals surface area contributed by atoms with Crippen LogP contribution in [0, 0.1) is 0 Å². The Bertz CT molecular complexity index is 779. The highest BCUT2D eigenvalue weighted by Crippen LogP contribution is 2.32. The average Bonchev–Trinajstić information content (AvgIpc) is 2.55. The van der Waals surface area contributed by atoms with Gasteiger partial charge in [0.25, 0.3) is 5.56 Å². The number of ether oxygens (including phenoxy) is 2. The lowest BCUT2D eigenvalue weighted by atomic mass is 10.1. The quantitative estimate of drug-likeness (QED) is 0.886. The summed E-state index contributed by atoms with van der Waals surface area (Å²) in [5.74, 6) is -0.0932. The molecule has 0 saturated carbocycles. The van der Waals surface area contributed by atoms with Crippen LogP contribution in [0.15, 0.2) is 35.1 Å². The highest BCUT2D eigenvalue weighted by Gasteiger charge is 2.16. The molecule has 0 radical (unpaired) electrons. The normalized spacial score (nSPS) is 10.4. The zero-order valence-corrected chi connectivity index (χ0v) is 13.3. The number of carboxylic acids is 1. The Kier molecular flexibility index (Phi) is 5.05. The van der Waals surface area contributed by atoms with Crippen molar-refractivity contribution in [1.29, 1.82) is 0 Å². The number of aromatic carboxylic acids is 1.